The fraction of sp³-hybridized carbons (Fsp3) is 0.591. The summed E-state index contributed by atoms with van der Waals surface area (Å²) in [5.41, 5.74) is 2.60. The second kappa shape index (κ2) is 10.3. The molecule has 0 unspecified atom stereocenters. The second-order valence-corrected chi connectivity index (χ2v) is 7.04. The Labute approximate surface area is 152 Å². The van der Waals surface area contributed by atoms with E-state index in [2.05, 4.69) is 30.9 Å². The number of unbranched alkanes of at least 4 members (excludes halogenated alkanes) is 6. The Morgan fingerprint density at radius 3 is 2.12 bits per heavy atom. The van der Waals surface area contributed by atoms with Gasteiger partial charge < -0.3 is 9.32 Å². The maximum absolute atomic E-state index is 11.7. The molecule has 0 fully saturated rings. The molecule has 0 N–H and O–H groups in total. The summed E-state index contributed by atoms with van der Waals surface area (Å²) >= 11 is 0. The topological polar surface area (TPSA) is 33.5 Å². The molecule has 0 aliphatic heterocycles. The van der Waals surface area contributed by atoms with E-state index in [0.29, 0.717) is 5.58 Å². The van der Waals surface area contributed by atoms with Gasteiger partial charge in [0.1, 0.15) is 5.58 Å². The van der Waals surface area contributed by atoms with Crippen molar-refractivity contribution in [3.8, 4) is 0 Å². The number of benzene rings is 1. The van der Waals surface area contributed by atoms with Gasteiger partial charge in [-0.05, 0) is 37.5 Å². The van der Waals surface area contributed by atoms with E-state index in [1.54, 1.807) is 6.07 Å². The summed E-state index contributed by atoms with van der Waals surface area (Å²) in [5, 5.41) is 1.03. The summed E-state index contributed by atoms with van der Waals surface area (Å²) < 4.78 is 5.44. The van der Waals surface area contributed by atoms with Crippen molar-refractivity contribution in [3.63, 3.8) is 0 Å². The molecular weight excluding hydrogens is 310 g/mol. The maximum Gasteiger partial charge on any atom is 0.336 e. The van der Waals surface area contributed by atoms with Crippen molar-refractivity contribution in [3.05, 3.63) is 40.2 Å². The minimum Gasteiger partial charge on any atom is -0.423 e. The highest BCUT2D eigenvalue weighted by Crippen LogP contribution is 2.24. The summed E-state index contributed by atoms with van der Waals surface area (Å²) in [4.78, 5) is 14.2. The Hall–Kier alpha value is -1.77. The van der Waals surface area contributed by atoms with E-state index in [4.69, 9.17) is 4.42 Å². The molecule has 0 aliphatic rings. The van der Waals surface area contributed by atoms with Gasteiger partial charge in [0.05, 0.1) is 0 Å². The van der Waals surface area contributed by atoms with Crippen molar-refractivity contribution in [2.75, 3.05) is 18.0 Å². The lowest BCUT2D eigenvalue weighted by Crippen LogP contribution is -2.25. The van der Waals surface area contributed by atoms with Crippen molar-refractivity contribution >= 4 is 16.7 Å². The van der Waals surface area contributed by atoms with Crippen molar-refractivity contribution in [1.82, 2.24) is 0 Å². The summed E-state index contributed by atoms with van der Waals surface area (Å²) in [7, 11) is 0. The van der Waals surface area contributed by atoms with Gasteiger partial charge in [-0.15, -0.1) is 0 Å². The Balaban J connectivity index is 2.15. The van der Waals surface area contributed by atoms with E-state index in [1.807, 2.05) is 13.0 Å². The second-order valence-electron chi connectivity index (χ2n) is 7.04. The first-order valence-electron chi connectivity index (χ1n) is 9.95. The van der Waals surface area contributed by atoms with E-state index in [1.165, 1.54) is 57.1 Å². The zero-order chi connectivity index (χ0) is 18.1. The number of rotatable bonds is 11. The highest BCUT2D eigenvalue weighted by molar-refractivity contribution is 5.83. The van der Waals surface area contributed by atoms with Crippen LogP contribution in [0.3, 0.4) is 0 Å². The van der Waals surface area contributed by atoms with Gasteiger partial charge in [0, 0.05) is 36.3 Å². The number of aryl methyl sites for hydroxylation is 1. The molecule has 0 atom stereocenters. The molecule has 1 aromatic carbocycles. The normalized spacial score (nSPS) is 11.2. The van der Waals surface area contributed by atoms with Crippen LogP contribution in [0.15, 0.2) is 33.5 Å². The lowest BCUT2D eigenvalue weighted by molar-refractivity contribution is 0.559. The first kappa shape index (κ1) is 19.6. The standard InChI is InChI=1S/C22H33NO2/c1-4-6-8-10-14-23(15-11-9-7-5-2)19-12-13-20-18(3)16-22(24)25-21(20)17-19/h12-13,16-17H,4-11,14-15H2,1-3H3. The van der Waals surface area contributed by atoms with Gasteiger partial charge in [0.25, 0.3) is 0 Å². The van der Waals surface area contributed by atoms with Gasteiger partial charge >= 0.3 is 5.63 Å². The van der Waals surface area contributed by atoms with Gasteiger partial charge in [-0.3, -0.25) is 0 Å². The summed E-state index contributed by atoms with van der Waals surface area (Å²) in [5.74, 6) is 0. The number of hydrogen-bond donors (Lipinski definition) is 0. The number of nitrogens with zero attached hydrogens (tertiary/aromatic N) is 1. The van der Waals surface area contributed by atoms with Crippen LogP contribution in [0.2, 0.25) is 0 Å². The van der Waals surface area contributed by atoms with Crippen LogP contribution in [0, 0.1) is 6.92 Å². The van der Waals surface area contributed by atoms with Crippen LogP contribution in [0.1, 0.15) is 70.8 Å². The Morgan fingerprint density at radius 1 is 0.880 bits per heavy atom. The molecule has 2 aromatic rings. The summed E-state index contributed by atoms with van der Waals surface area (Å²) in [6, 6.07) is 7.88. The fourth-order valence-corrected chi connectivity index (χ4v) is 3.34. The number of anilines is 1. The van der Waals surface area contributed by atoms with E-state index < -0.39 is 0 Å². The van der Waals surface area contributed by atoms with Gasteiger partial charge in [0.15, 0.2) is 0 Å². The molecule has 3 heteroatoms. The smallest absolute Gasteiger partial charge is 0.336 e. The molecule has 25 heavy (non-hydrogen) atoms. The first-order chi connectivity index (χ1) is 12.2. The molecule has 0 saturated heterocycles. The quantitative estimate of drug-likeness (QED) is 0.367. The minimum atomic E-state index is -0.264. The SMILES string of the molecule is CCCCCCN(CCCCCC)c1ccc2c(C)cc(=O)oc2c1. The predicted molar refractivity (Wildman–Crippen MR) is 108 cm³/mol. The lowest BCUT2D eigenvalue weighted by Gasteiger charge is -2.25. The molecule has 0 amide bonds. The molecule has 138 valence electrons. The van der Waals surface area contributed by atoms with Crippen LogP contribution in [-0.2, 0) is 0 Å². The van der Waals surface area contributed by atoms with Crippen molar-refractivity contribution in [1.29, 1.82) is 0 Å². The van der Waals surface area contributed by atoms with E-state index in [0.717, 1.165) is 24.0 Å². The molecule has 0 radical (unpaired) electrons. The van der Waals surface area contributed by atoms with Crippen LogP contribution in [0.4, 0.5) is 5.69 Å². The largest absolute Gasteiger partial charge is 0.423 e. The van der Waals surface area contributed by atoms with Gasteiger partial charge in [-0.2, -0.15) is 0 Å². The fourth-order valence-electron chi connectivity index (χ4n) is 3.34. The van der Waals surface area contributed by atoms with E-state index in [9.17, 15) is 4.79 Å². The van der Waals surface area contributed by atoms with Crippen LogP contribution in [0.5, 0.6) is 0 Å². The molecule has 2 rings (SSSR count). The Morgan fingerprint density at radius 2 is 1.52 bits per heavy atom. The molecule has 1 heterocycles. The van der Waals surface area contributed by atoms with Gasteiger partial charge in [-0.1, -0.05) is 52.4 Å². The third kappa shape index (κ3) is 5.91. The minimum absolute atomic E-state index is 0.264. The molecule has 3 nitrogen and oxygen atoms in total. The highest BCUT2D eigenvalue weighted by Gasteiger charge is 2.09. The van der Waals surface area contributed by atoms with E-state index in [-0.39, 0.29) is 5.63 Å². The molecule has 0 aliphatic carbocycles. The molecule has 0 saturated carbocycles. The average Bonchev–Trinajstić information content (AvgIpc) is 2.59. The van der Waals surface area contributed by atoms with Gasteiger partial charge in [0.2, 0.25) is 0 Å². The number of fused-ring (bicyclic) bond motifs is 1. The third-order valence-corrected chi connectivity index (χ3v) is 4.86. The van der Waals surface area contributed by atoms with Gasteiger partial charge in [-0.25, -0.2) is 4.79 Å². The Kier molecular flexibility index (Phi) is 8.03. The lowest BCUT2D eigenvalue weighted by atomic mass is 10.1. The molecular formula is C22H33NO2. The monoisotopic (exact) mass is 343 g/mol. The zero-order valence-electron chi connectivity index (χ0n) is 16.1. The first-order valence-corrected chi connectivity index (χ1v) is 9.95. The van der Waals surface area contributed by atoms with Crippen molar-refractivity contribution in [2.45, 2.75) is 72.1 Å². The Bertz CT molecular complexity index is 693. The third-order valence-electron chi connectivity index (χ3n) is 4.86. The van der Waals surface area contributed by atoms with Crippen LogP contribution in [0.25, 0.3) is 11.0 Å². The molecule has 0 bridgehead atoms. The highest BCUT2D eigenvalue weighted by atomic mass is 16.4. The predicted octanol–water partition coefficient (Wildman–Crippen LogP) is 6.07. The van der Waals surface area contributed by atoms with Crippen molar-refractivity contribution < 1.29 is 4.42 Å². The molecule has 1 aromatic heterocycles. The molecule has 0 spiro atoms. The maximum atomic E-state index is 11.7. The van der Waals surface area contributed by atoms with Crippen LogP contribution >= 0.6 is 0 Å². The summed E-state index contributed by atoms with van der Waals surface area (Å²) in [6.07, 6.45) is 10.1. The van der Waals surface area contributed by atoms with E-state index >= 15 is 0 Å². The van der Waals surface area contributed by atoms with Crippen LogP contribution in [-0.4, -0.2) is 13.1 Å². The summed E-state index contributed by atoms with van der Waals surface area (Å²) in [6.45, 7) is 8.61. The van der Waals surface area contributed by atoms with Crippen molar-refractivity contribution in [2.24, 2.45) is 0 Å². The zero-order valence-corrected chi connectivity index (χ0v) is 16.1. The average molecular weight is 344 g/mol. The van der Waals surface area contributed by atoms with Crippen LogP contribution < -0.4 is 10.5 Å². The number of hydrogen-bond acceptors (Lipinski definition) is 3.